The van der Waals surface area contributed by atoms with Crippen LogP contribution in [0.5, 0.6) is 0 Å². The van der Waals surface area contributed by atoms with Crippen LogP contribution in [0.25, 0.3) is 0 Å². The predicted molar refractivity (Wildman–Crippen MR) is 102 cm³/mol. The maximum atomic E-state index is 11.6. The van der Waals surface area contributed by atoms with Crippen LogP contribution in [-0.2, 0) is 11.3 Å². The van der Waals surface area contributed by atoms with Gasteiger partial charge in [-0.1, -0.05) is 19.1 Å². The van der Waals surface area contributed by atoms with Crippen LogP contribution in [0.15, 0.2) is 24.3 Å². The number of nitrogens with one attached hydrogen (secondary N) is 1. The predicted octanol–water partition coefficient (Wildman–Crippen LogP) is 3.44. The van der Waals surface area contributed by atoms with Crippen molar-refractivity contribution in [3.63, 3.8) is 0 Å². The number of anilines is 1. The lowest BCUT2D eigenvalue weighted by Gasteiger charge is -2.30. The van der Waals surface area contributed by atoms with Gasteiger partial charge in [0.05, 0.1) is 0 Å². The molecule has 4 nitrogen and oxygen atoms in total. The Balaban J connectivity index is 0.00000242. The highest BCUT2D eigenvalue weighted by Crippen LogP contribution is 2.18. The number of carbonyl (C=O) groups excluding carboxylic acids is 1. The minimum Gasteiger partial charge on any atom is -0.330 e. The Hall–Kier alpha value is -0.810. The first-order chi connectivity index (χ1) is 10.2. The monoisotopic (exact) mass is 361 g/mol. The average Bonchev–Trinajstić information content (AvgIpc) is 2.47. The zero-order valence-corrected chi connectivity index (χ0v) is 15.4. The third-order valence-corrected chi connectivity index (χ3v) is 3.99. The molecule has 1 aliphatic heterocycles. The van der Waals surface area contributed by atoms with Crippen LogP contribution in [0, 0.1) is 5.92 Å². The Morgan fingerprint density at radius 1 is 1.30 bits per heavy atom. The van der Waals surface area contributed by atoms with Crippen molar-refractivity contribution in [3.8, 4) is 0 Å². The molecular formula is C17H29Cl2N3O. The molecule has 0 aromatic heterocycles. The summed E-state index contributed by atoms with van der Waals surface area (Å²) in [6.07, 6.45) is 3.88. The van der Waals surface area contributed by atoms with Gasteiger partial charge in [-0.25, -0.2) is 0 Å². The molecule has 6 heteroatoms. The highest BCUT2D eigenvalue weighted by atomic mass is 35.5. The number of benzene rings is 1. The molecule has 1 aromatic carbocycles. The van der Waals surface area contributed by atoms with E-state index in [4.69, 9.17) is 5.73 Å². The highest BCUT2D eigenvalue weighted by Gasteiger charge is 2.16. The molecule has 1 aliphatic rings. The minimum absolute atomic E-state index is 0. The van der Waals surface area contributed by atoms with E-state index < -0.39 is 0 Å². The zero-order valence-electron chi connectivity index (χ0n) is 13.8. The van der Waals surface area contributed by atoms with Gasteiger partial charge in [-0.05, 0) is 56.0 Å². The van der Waals surface area contributed by atoms with E-state index in [1.807, 2.05) is 12.1 Å². The Morgan fingerprint density at radius 2 is 2.00 bits per heavy atom. The van der Waals surface area contributed by atoms with E-state index >= 15 is 0 Å². The molecule has 0 aliphatic carbocycles. The lowest BCUT2D eigenvalue weighted by molar-refractivity contribution is -0.116. The molecule has 132 valence electrons. The van der Waals surface area contributed by atoms with Crippen LogP contribution in [0.3, 0.4) is 0 Å². The summed E-state index contributed by atoms with van der Waals surface area (Å²) < 4.78 is 0. The van der Waals surface area contributed by atoms with Crippen LogP contribution in [-0.4, -0.2) is 30.4 Å². The number of amides is 1. The van der Waals surface area contributed by atoms with Gasteiger partial charge in [0, 0.05) is 25.2 Å². The molecule has 1 fully saturated rings. The number of hydrogen-bond acceptors (Lipinski definition) is 3. The molecule has 1 atom stereocenters. The van der Waals surface area contributed by atoms with Crippen molar-refractivity contribution in [1.29, 1.82) is 0 Å². The average molecular weight is 362 g/mol. The van der Waals surface area contributed by atoms with Crippen LogP contribution in [0.4, 0.5) is 5.69 Å². The lowest BCUT2D eigenvalue weighted by atomic mass is 10.00. The number of carbonyl (C=O) groups is 1. The zero-order chi connectivity index (χ0) is 15.1. The number of rotatable bonds is 6. The Kier molecular flexibility index (Phi) is 11.3. The number of piperidine rings is 1. The van der Waals surface area contributed by atoms with Crippen LogP contribution in [0.1, 0.15) is 38.2 Å². The third kappa shape index (κ3) is 8.02. The van der Waals surface area contributed by atoms with Gasteiger partial charge in [-0.15, -0.1) is 24.8 Å². The number of halogens is 2. The minimum atomic E-state index is 0. The molecule has 1 heterocycles. The van der Waals surface area contributed by atoms with E-state index in [2.05, 4.69) is 29.3 Å². The standard InChI is InChI=1S/C17H27N3O.2ClH/c1-14-4-3-11-20(12-14)13-15-6-8-16(9-7-15)19-17(21)5-2-10-18;;/h6-9,14H,2-5,10-13,18H2,1H3,(H,19,21);2*1H. The summed E-state index contributed by atoms with van der Waals surface area (Å²) in [5.41, 5.74) is 7.58. The normalized spacial score (nSPS) is 17.7. The summed E-state index contributed by atoms with van der Waals surface area (Å²) in [4.78, 5) is 14.2. The molecular weight excluding hydrogens is 333 g/mol. The number of nitrogens with two attached hydrogens (primary N) is 1. The molecule has 1 amide bonds. The van der Waals surface area contributed by atoms with Gasteiger partial charge in [0.15, 0.2) is 0 Å². The molecule has 3 N–H and O–H groups in total. The Labute approximate surface area is 152 Å². The molecule has 0 spiro atoms. The first kappa shape index (κ1) is 22.2. The van der Waals surface area contributed by atoms with Crippen LogP contribution < -0.4 is 11.1 Å². The van der Waals surface area contributed by atoms with Crippen molar-refractivity contribution in [2.45, 2.75) is 39.2 Å². The van der Waals surface area contributed by atoms with Gasteiger partial charge < -0.3 is 11.1 Å². The Bertz CT molecular complexity index is 454. The molecule has 23 heavy (non-hydrogen) atoms. The summed E-state index contributed by atoms with van der Waals surface area (Å²) >= 11 is 0. The van der Waals surface area contributed by atoms with E-state index in [1.54, 1.807) is 0 Å². The van der Waals surface area contributed by atoms with E-state index in [-0.39, 0.29) is 30.7 Å². The van der Waals surface area contributed by atoms with Crippen molar-refractivity contribution in [2.75, 3.05) is 25.0 Å². The van der Waals surface area contributed by atoms with Crippen LogP contribution in [0.2, 0.25) is 0 Å². The third-order valence-electron chi connectivity index (χ3n) is 3.99. The second kappa shape index (κ2) is 11.7. The van der Waals surface area contributed by atoms with E-state index in [0.29, 0.717) is 13.0 Å². The Morgan fingerprint density at radius 3 is 2.61 bits per heavy atom. The van der Waals surface area contributed by atoms with Gasteiger partial charge >= 0.3 is 0 Å². The molecule has 0 bridgehead atoms. The SMILES string of the molecule is CC1CCCN(Cc2ccc(NC(=O)CCCN)cc2)C1.Cl.Cl. The molecule has 1 saturated heterocycles. The largest absolute Gasteiger partial charge is 0.330 e. The van der Waals surface area contributed by atoms with Crippen molar-refractivity contribution in [1.82, 2.24) is 4.90 Å². The summed E-state index contributed by atoms with van der Waals surface area (Å²) in [5.74, 6) is 0.845. The second-order valence-electron chi connectivity index (χ2n) is 6.12. The van der Waals surface area contributed by atoms with Gasteiger partial charge in [-0.3, -0.25) is 9.69 Å². The number of nitrogens with zero attached hydrogens (tertiary/aromatic N) is 1. The van der Waals surface area contributed by atoms with Crippen molar-refractivity contribution >= 4 is 36.4 Å². The quantitative estimate of drug-likeness (QED) is 0.815. The second-order valence-corrected chi connectivity index (χ2v) is 6.12. The first-order valence-corrected chi connectivity index (χ1v) is 7.98. The fourth-order valence-corrected chi connectivity index (χ4v) is 2.87. The van der Waals surface area contributed by atoms with E-state index in [9.17, 15) is 4.79 Å². The maximum absolute atomic E-state index is 11.6. The van der Waals surface area contributed by atoms with Gasteiger partial charge in [0.25, 0.3) is 0 Å². The van der Waals surface area contributed by atoms with Gasteiger partial charge in [0.1, 0.15) is 0 Å². The van der Waals surface area contributed by atoms with Crippen LogP contribution >= 0.6 is 24.8 Å². The fourth-order valence-electron chi connectivity index (χ4n) is 2.87. The van der Waals surface area contributed by atoms with Crippen molar-refractivity contribution in [2.24, 2.45) is 11.7 Å². The number of likely N-dealkylation sites (tertiary alicyclic amines) is 1. The number of hydrogen-bond donors (Lipinski definition) is 2. The molecule has 0 radical (unpaired) electrons. The topological polar surface area (TPSA) is 58.4 Å². The lowest BCUT2D eigenvalue weighted by Crippen LogP contribution is -2.33. The maximum Gasteiger partial charge on any atom is 0.224 e. The summed E-state index contributed by atoms with van der Waals surface area (Å²) in [7, 11) is 0. The molecule has 1 aromatic rings. The van der Waals surface area contributed by atoms with Crippen molar-refractivity contribution in [3.05, 3.63) is 29.8 Å². The molecule has 0 saturated carbocycles. The first-order valence-electron chi connectivity index (χ1n) is 7.98. The smallest absolute Gasteiger partial charge is 0.224 e. The van der Waals surface area contributed by atoms with Gasteiger partial charge in [0.2, 0.25) is 5.91 Å². The highest BCUT2D eigenvalue weighted by molar-refractivity contribution is 5.90. The fraction of sp³-hybridized carbons (Fsp3) is 0.588. The van der Waals surface area contributed by atoms with Crippen molar-refractivity contribution < 1.29 is 4.79 Å². The molecule has 1 unspecified atom stereocenters. The summed E-state index contributed by atoms with van der Waals surface area (Å²) in [6.45, 7) is 6.28. The summed E-state index contributed by atoms with van der Waals surface area (Å²) in [5, 5.41) is 2.91. The summed E-state index contributed by atoms with van der Waals surface area (Å²) in [6, 6.07) is 8.20. The van der Waals surface area contributed by atoms with Gasteiger partial charge in [-0.2, -0.15) is 0 Å². The van der Waals surface area contributed by atoms with E-state index in [1.165, 1.54) is 31.5 Å². The van der Waals surface area contributed by atoms with E-state index in [0.717, 1.165) is 24.6 Å². The molecule has 2 rings (SSSR count).